The quantitative estimate of drug-likeness (QED) is 0.799. The number of nitrogens with two attached hydrogens (primary N) is 1. The van der Waals surface area contributed by atoms with E-state index in [4.69, 9.17) is 15.0 Å². The number of hydrogen-bond acceptors (Lipinski definition) is 5. The first kappa shape index (κ1) is 10.6. The third-order valence-corrected chi connectivity index (χ3v) is 2.69. The summed E-state index contributed by atoms with van der Waals surface area (Å²) in [5, 5.41) is 3.93. The van der Waals surface area contributed by atoms with Crippen LogP contribution in [0.25, 0.3) is 0 Å². The fourth-order valence-corrected chi connectivity index (χ4v) is 1.66. The van der Waals surface area contributed by atoms with Crippen molar-refractivity contribution in [3.05, 3.63) is 11.7 Å². The monoisotopic (exact) mass is 211 g/mol. The lowest BCUT2D eigenvalue weighted by molar-refractivity contribution is 0.109. The van der Waals surface area contributed by atoms with Gasteiger partial charge in [0.1, 0.15) is 0 Å². The first-order valence-corrected chi connectivity index (χ1v) is 5.43. The van der Waals surface area contributed by atoms with Crippen LogP contribution in [0.4, 0.5) is 0 Å². The summed E-state index contributed by atoms with van der Waals surface area (Å²) in [6.07, 6.45) is 3.25. The first-order chi connectivity index (χ1) is 7.29. The zero-order chi connectivity index (χ0) is 10.7. The fraction of sp³-hybridized carbons (Fsp3) is 0.800. The number of ether oxygens (including phenoxy) is 1. The van der Waals surface area contributed by atoms with Gasteiger partial charge in [0, 0.05) is 25.5 Å². The van der Waals surface area contributed by atoms with Crippen LogP contribution in [0.1, 0.15) is 37.4 Å². The van der Waals surface area contributed by atoms with Gasteiger partial charge in [-0.25, -0.2) is 0 Å². The van der Waals surface area contributed by atoms with E-state index in [-0.39, 0.29) is 12.0 Å². The van der Waals surface area contributed by atoms with E-state index in [0.29, 0.717) is 12.4 Å². The average molecular weight is 211 g/mol. The maximum absolute atomic E-state index is 5.52. The van der Waals surface area contributed by atoms with Gasteiger partial charge in [-0.15, -0.1) is 0 Å². The van der Waals surface area contributed by atoms with Crippen molar-refractivity contribution in [2.24, 2.45) is 5.73 Å². The van der Waals surface area contributed by atoms with Gasteiger partial charge in [0.05, 0.1) is 6.10 Å². The SMILES string of the molecule is CC(CN)c1nc(CC2CCCO2)no1. The molecule has 0 aromatic carbocycles. The maximum atomic E-state index is 5.52. The van der Waals surface area contributed by atoms with Crippen molar-refractivity contribution in [3.63, 3.8) is 0 Å². The van der Waals surface area contributed by atoms with Crippen LogP contribution in [0.5, 0.6) is 0 Å². The molecule has 5 heteroatoms. The zero-order valence-corrected chi connectivity index (χ0v) is 8.98. The molecule has 1 aromatic rings. The number of aromatic nitrogens is 2. The van der Waals surface area contributed by atoms with Gasteiger partial charge in [0.25, 0.3) is 0 Å². The van der Waals surface area contributed by atoms with Crippen LogP contribution in [0.15, 0.2) is 4.52 Å². The number of nitrogens with zero attached hydrogens (tertiary/aromatic N) is 2. The molecule has 15 heavy (non-hydrogen) atoms. The Morgan fingerprint density at radius 2 is 2.47 bits per heavy atom. The van der Waals surface area contributed by atoms with Crippen LogP contribution >= 0.6 is 0 Å². The minimum Gasteiger partial charge on any atom is -0.378 e. The smallest absolute Gasteiger partial charge is 0.230 e. The summed E-state index contributed by atoms with van der Waals surface area (Å²) in [4.78, 5) is 4.31. The highest BCUT2D eigenvalue weighted by Crippen LogP contribution is 2.17. The van der Waals surface area contributed by atoms with Gasteiger partial charge in [-0.05, 0) is 12.8 Å². The summed E-state index contributed by atoms with van der Waals surface area (Å²) in [7, 11) is 0. The third kappa shape index (κ3) is 2.54. The second kappa shape index (κ2) is 4.72. The molecule has 84 valence electrons. The largest absolute Gasteiger partial charge is 0.378 e. The maximum Gasteiger partial charge on any atom is 0.230 e. The molecule has 1 aliphatic heterocycles. The van der Waals surface area contributed by atoms with Gasteiger partial charge >= 0.3 is 0 Å². The highest BCUT2D eigenvalue weighted by Gasteiger charge is 2.20. The molecular formula is C10H17N3O2. The molecule has 0 bridgehead atoms. The van der Waals surface area contributed by atoms with Crippen LogP contribution in [0.3, 0.4) is 0 Å². The van der Waals surface area contributed by atoms with Crippen LogP contribution in [-0.2, 0) is 11.2 Å². The lowest BCUT2D eigenvalue weighted by Crippen LogP contribution is -2.11. The molecule has 2 unspecified atom stereocenters. The zero-order valence-electron chi connectivity index (χ0n) is 8.98. The van der Waals surface area contributed by atoms with E-state index in [1.807, 2.05) is 6.92 Å². The van der Waals surface area contributed by atoms with Gasteiger partial charge in [-0.2, -0.15) is 4.98 Å². The molecule has 0 spiro atoms. The lowest BCUT2D eigenvalue weighted by atomic mass is 10.1. The molecule has 2 N–H and O–H groups in total. The van der Waals surface area contributed by atoms with E-state index in [1.54, 1.807) is 0 Å². The summed E-state index contributed by atoms with van der Waals surface area (Å²) in [6, 6.07) is 0. The van der Waals surface area contributed by atoms with Crippen molar-refractivity contribution in [1.29, 1.82) is 0 Å². The Hall–Kier alpha value is -0.940. The Balaban J connectivity index is 1.94. The molecule has 1 aromatic heterocycles. The van der Waals surface area contributed by atoms with Crippen molar-refractivity contribution >= 4 is 0 Å². The Morgan fingerprint density at radius 3 is 3.13 bits per heavy atom. The summed E-state index contributed by atoms with van der Waals surface area (Å²) < 4.78 is 10.6. The van der Waals surface area contributed by atoms with Crippen molar-refractivity contribution < 1.29 is 9.26 Å². The van der Waals surface area contributed by atoms with Crippen molar-refractivity contribution in [2.45, 2.75) is 38.2 Å². The molecule has 2 rings (SSSR count). The van der Waals surface area contributed by atoms with Gasteiger partial charge in [0.2, 0.25) is 5.89 Å². The van der Waals surface area contributed by atoms with Gasteiger partial charge in [-0.1, -0.05) is 12.1 Å². The predicted octanol–water partition coefficient (Wildman–Crippen LogP) is 0.853. The Bertz CT molecular complexity index is 307. The Labute approximate surface area is 89.0 Å². The molecule has 1 fully saturated rings. The number of hydrogen-bond donors (Lipinski definition) is 1. The molecule has 5 nitrogen and oxygen atoms in total. The second-order valence-corrected chi connectivity index (χ2v) is 4.02. The standard InChI is InChI=1S/C10H17N3O2/c1-7(6-11)10-12-9(13-15-10)5-8-3-2-4-14-8/h7-8H,2-6,11H2,1H3. The minimum absolute atomic E-state index is 0.135. The fourth-order valence-electron chi connectivity index (χ4n) is 1.66. The van der Waals surface area contributed by atoms with Gasteiger partial charge in [0.15, 0.2) is 5.82 Å². The molecule has 0 radical (unpaired) electrons. The van der Waals surface area contributed by atoms with E-state index < -0.39 is 0 Å². The lowest BCUT2D eigenvalue weighted by Gasteiger charge is -2.04. The van der Waals surface area contributed by atoms with Crippen LogP contribution in [0.2, 0.25) is 0 Å². The average Bonchev–Trinajstić information content (AvgIpc) is 2.88. The molecule has 1 aliphatic rings. The number of rotatable bonds is 4. The van der Waals surface area contributed by atoms with E-state index in [1.165, 1.54) is 0 Å². The topological polar surface area (TPSA) is 74.2 Å². The Morgan fingerprint density at radius 1 is 1.60 bits per heavy atom. The molecule has 2 atom stereocenters. The minimum atomic E-state index is 0.135. The van der Waals surface area contributed by atoms with Gasteiger partial charge < -0.3 is 15.0 Å². The highest BCUT2D eigenvalue weighted by molar-refractivity contribution is 4.94. The van der Waals surface area contributed by atoms with E-state index in [9.17, 15) is 0 Å². The first-order valence-electron chi connectivity index (χ1n) is 5.43. The molecule has 2 heterocycles. The van der Waals surface area contributed by atoms with E-state index in [2.05, 4.69) is 10.1 Å². The van der Waals surface area contributed by atoms with Gasteiger partial charge in [-0.3, -0.25) is 0 Å². The second-order valence-electron chi connectivity index (χ2n) is 4.02. The normalized spacial score (nSPS) is 23.2. The molecular weight excluding hydrogens is 194 g/mol. The summed E-state index contributed by atoms with van der Waals surface area (Å²) in [5.41, 5.74) is 5.52. The molecule has 0 saturated carbocycles. The summed E-state index contributed by atoms with van der Waals surface area (Å²) >= 11 is 0. The third-order valence-electron chi connectivity index (χ3n) is 2.69. The van der Waals surface area contributed by atoms with Crippen molar-refractivity contribution in [1.82, 2.24) is 10.1 Å². The van der Waals surface area contributed by atoms with Crippen molar-refractivity contribution in [2.75, 3.05) is 13.2 Å². The van der Waals surface area contributed by atoms with Crippen LogP contribution in [-0.4, -0.2) is 29.4 Å². The molecule has 1 saturated heterocycles. The van der Waals surface area contributed by atoms with Crippen LogP contribution in [0, 0.1) is 0 Å². The van der Waals surface area contributed by atoms with E-state index >= 15 is 0 Å². The summed E-state index contributed by atoms with van der Waals surface area (Å²) in [6.45, 7) is 3.36. The summed E-state index contributed by atoms with van der Waals surface area (Å²) in [5.74, 6) is 1.50. The van der Waals surface area contributed by atoms with Crippen LogP contribution < -0.4 is 5.73 Å². The molecule has 0 aliphatic carbocycles. The predicted molar refractivity (Wildman–Crippen MR) is 54.4 cm³/mol. The van der Waals surface area contributed by atoms with Crippen molar-refractivity contribution in [3.8, 4) is 0 Å². The molecule has 0 amide bonds. The van der Waals surface area contributed by atoms with E-state index in [0.717, 1.165) is 31.7 Å². The Kier molecular flexibility index (Phi) is 3.33. The highest BCUT2D eigenvalue weighted by atomic mass is 16.5.